The summed E-state index contributed by atoms with van der Waals surface area (Å²) < 4.78 is 14.6. The smallest absolute Gasteiger partial charge is 0.265 e. The van der Waals surface area contributed by atoms with Crippen molar-refractivity contribution < 1.29 is 9.47 Å². The fourth-order valence-corrected chi connectivity index (χ4v) is 4.34. The number of hydrogen-bond donors (Lipinski definition) is 0. The number of para-hydroxylation sites is 3. The monoisotopic (exact) mass is 477 g/mol. The van der Waals surface area contributed by atoms with Gasteiger partial charge in [0.2, 0.25) is 0 Å². The van der Waals surface area contributed by atoms with Gasteiger partial charge in [0.15, 0.2) is 11.3 Å². The second kappa shape index (κ2) is 9.24. The molecule has 3 aromatic heterocycles. The first-order valence-corrected chi connectivity index (χ1v) is 11.7. The number of fused-ring (bicyclic) bond motifs is 4. The van der Waals surface area contributed by atoms with E-state index in [4.69, 9.17) is 19.4 Å². The Morgan fingerprint density at radius 2 is 1.50 bits per heavy atom. The molecular weight excluding hydrogens is 454 g/mol. The molecule has 0 amide bonds. The Balaban J connectivity index is 1.53. The molecule has 0 saturated heterocycles. The van der Waals surface area contributed by atoms with Crippen LogP contribution in [0.2, 0.25) is 0 Å². The molecule has 3 aromatic carbocycles. The van der Waals surface area contributed by atoms with E-state index in [2.05, 4.69) is 4.98 Å². The Labute approximate surface area is 206 Å². The second-order valence-corrected chi connectivity index (χ2v) is 8.42. The second-order valence-electron chi connectivity index (χ2n) is 8.42. The number of rotatable bonds is 7. The van der Waals surface area contributed by atoms with Crippen LogP contribution in [0.1, 0.15) is 6.42 Å². The molecule has 8 nitrogen and oxygen atoms in total. The highest BCUT2D eigenvalue weighted by molar-refractivity contribution is 6.05. The van der Waals surface area contributed by atoms with E-state index in [9.17, 15) is 4.79 Å². The third-order valence-electron chi connectivity index (χ3n) is 6.05. The van der Waals surface area contributed by atoms with Gasteiger partial charge >= 0.3 is 0 Å². The quantitative estimate of drug-likeness (QED) is 0.297. The minimum absolute atomic E-state index is 0.145. The number of aryl methyl sites for hydroxylation is 1. The minimum atomic E-state index is -0.145. The van der Waals surface area contributed by atoms with Crippen molar-refractivity contribution in [3.8, 4) is 17.2 Å². The first-order chi connectivity index (χ1) is 17.7. The zero-order valence-electron chi connectivity index (χ0n) is 19.7. The van der Waals surface area contributed by atoms with Gasteiger partial charge in [-0.3, -0.25) is 13.9 Å². The average molecular weight is 478 g/mol. The molecule has 0 radical (unpaired) electrons. The normalized spacial score (nSPS) is 11.5. The molecule has 0 aliphatic carbocycles. The van der Waals surface area contributed by atoms with Gasteiger partial charge in [-0.15, -0.1) is 0 Å². The van der Waals surface area contributed by atoms with Gasteiger partial charge in [-0.25, -0.2) is 15.0 Å². The number of methoxy groups -OCH3 is 1. The van der Waals surface area contributed by atoms with Crippen molar-refractivity contribution in [3.05, 3.63) is 95.5 Å². The van der Waals surface area contributed by atoms with E-state index in [0.717, 1.165) is 22.5 Å². The van der Waals surface area contributed by atoms with E-state index in [0.29, 0.717) is 47.5 Å². The number of hydrogen-bond acceptors (Lipinski definition) is 6. The molecule has 0 spiro atoms. The maximum atomic E-state index is 13.6. The van der Waals surface area contributed by atoms with Gasteiger partial charge in [-0.2, -0.15) is 0 Å². The van der Waals surface area contributed by atoms with E-state index < -0.39 is 0 Å². The maximum Gasteiger partial charge on any atom is 0.265 e. The molecule has 6 rings (SSSR count). The van der Waals surface area contributed by atoms with Crippen LogP contribution in [0.4, 0.5) is 0 Å². The standard InChI is InChI=1S/C28H23N5O3/c1-35-17-7-16-32-18-29-26-24(28(32)34)25-27(31-23-11-6-5-10-22(23)30-25)33(26)19-12-14-21(15-13-19)36-20-8-3-2-4-9-20/h2-6,8-15,18H,7,16-17H2,1H3. The van der Waals surface area contributed by atoms with E-state index in [-0.39, 0.29) is 5.56 Å². The van der Waals surface area contributed by atoms with Gasteiger partial charge in [0.05, 0.1) is 17.4 Å². The Kier molecular flexibility index (Phi) is 5.63. The molecule has 6 aromatic rings. The number of nitrogens with zero attached hydrogens (tertiary/aromatic N) is 5. The first kappa shape index (κ1) is 21.9. The summed E-state index contributed by atoms with van der Waals surface area (Å²) in [4.78, 5) is 28.0. The van der Waals surface area contributed by atoms with Crippen molar-refractivity contribution in [1.29, 1.82) is 0 Å². The lowest BCUT2D eigenvalue weighted by Gasteiger charge is -2.09. The molecule has 0 atom stereocenters. The van der Waals surface area contributed by atoms with Crippen LogP contribution in [0.25, 0.3) is 38.9 Å². The van der Waals surface area contributed by atoms with Crippen LogP contribution in [-0.4, -0.2) is 37.8 Å². The fourth-order valence-electron chi connectivity index (χ4n) is 4.34. The van der Waals surface area contributed by atoms with Gasteiger partial charge in [0.1, 0.15) is 22.4 Å². The zero-order valence-corrected chi connectivity index (χ0v) is 19.7. The van der Waals surface area contributed by atoms with Crippen molar-refractivity contribution in [1.82, 2.24) is 24.1 Å². The van der Waals surface area contributed by atoms with Crippen LogP contribution in [0, 0.1) is 0 Å². The lowest BCUT2D eigenvalue weighted by atomic mass is 10.3. The largest absolute Gasteiger partial charge is 0.457 e. The van der Waals surface area contributed by atoms with Crippen LogP contribution < -0.4 is 10.3 Å². The summed E-state index contributed by atoms with van der Waals surface area (Å²) in [5.41, 5.74) is 3.78. The van der Waals surface area contributed by atoms with Crippen LogP contribution in [0.5, 0.6) is 11.5 Å². The average Bonchev–Trinajstić information content (AvgIpc) is 3.23. The van der Waals surface area contributed by atoms with Crippen molar-refractivity contribution in [2.75, 3.05) is 13.7 Å². The summed E-state index contributed by atoms with van der Waals surface area (Å²) >= 11 is 0. The lowest BCUT2D eigenvalue weighted by Crippen LogP contribution is -2.21. The molecule has 3 heterocycles. The Morgan fingerprint density at radius 1 is 0.806 bits per heavy atom. The molecule has 0 aliphatic rings. The van der Waals surface area contributed by atoms with Crippen LogP contribution in [0.3, 0.4) is 0 Å². The van der Waals surface area contributed by atoms with Gasteiger partial charge < -0.3 is 9.47 Å². The summed E-state index contributed by atoms with van der Waals surface area (Å²) in [5.74, 6) is 1.46. The summed E-state index contributed by atoms with van der Waals surface area (Å²) in [6.07, 6.45) is 2.29. The summed E-state index contributed by atoms with van der Waals surface area (Å²) in [7, 11) is 1.65. The summed E-state index contributed by atoms with van der Waals surface area (Å²) in [6, 6.07) is 24.9. The van der Waals surface area contributed by atoms with Gasteiger partial charge in [-0.05, 0) is 55.0 Å². The van der Waals surface area contributed by atoms with Crippen molar-refractivity contribution >= 4 is 33.2 Å². The van der Waals surface area contributed by atoms with Gasteiger partial charge in [0.25, 0.3) is 5.56 Å². The maximum absolute atomic E-state index is 13.6. The molecule has 36 heavy (non-hydrogen) atoms. The molecular formula is C28H23N5O3. The molecule has 0 fully saturated rings. The lowest BCUT2D eigenvalue weighted by molar-refractivity contribution is 0.190. The SMILES string of the molecule is COCCCn1cnc2c(c1=O)c1nc3ccccc3nc1n2-c1ccc(Oc2ccccc2)cc1. The van der Waals surface area contributed by atoms with Crippen LogP contribution >= 0.6 is 0 Å². The van der Waals surface area contributed by atoms with E-state index >= 15 is 0 Å². The minimum Gasteiger partial charge on any atom is -0.457 e. The molecule has 0 bridgehead atoms. The van der Waals surface area contributed by atoms with E-state index in [1.807, 2.05) is 83.4 Å². The predicted molar refractivity (Wildman–Crippen MR) is 139 cm³/mol. The molecule has 0 saturated carbocycles. The molecule has 178 valence electrons. The number of benzene rings is 3. The summed E-state index contributed by atoms with van der Waals surface area (Å²) in [5, 5.41) is 0.452. The van der Waals surface area contributed by atoms with Crippen LogP contribution in [-0.2, 0) is 11.3 Å². The Hall–Kier alpha value is -4.56. The van der Waals surface area contributed by atoms with Crippen molar-refractivity contribution in [2.24, 2.45) is 0 Å². The Morgan fingerprint density at radius 3 is 2.25 bits per heavy atom. The molecule has 8 heteroatoms. The van der Waals surface area contributed by atoms with Crippen molar-refractivity contribution in [3.63, 3.8) is 0 Å². The first-order valence-electron chi connectivity index (χ1n) is 11.7. The highest BCUT2D eigenvalue weighted by atomic mass is 16.5. The zero-order chi connectivity index (χ0) is 24.5. The predicted octanol–water partition coefficient (Wildman–Crippen LogP) is 5.11. The topological polar surface area (TPSA) is 84.1 Å². The van der Waals surface area contributed by atoms with Gasteiger partial charge in [0, 0.05) is 25.9 Å². The van der Waals surface area contributed by atoms with Gasteiger partial charge in [-0.1, -0.05) is 30.3 Å². The number of aromatic nitrogens is 5. The highest BCUT2D eigenvalue weighted by Gasteiger charge is 2.21. The highest BCUT2D eigenvalue weighted by Crippen LogP contribution is 2.30. The third kappa shape index (κ3) is 3.87. The fraction of sp³-hybridized carbons (Fsp3) is 0.143. The number of ether oxygens (including phenoxy) is 2. The van der Waals surface area contributed by atoms with Crippen molar-refractivity contribution in [2.45, 2.75) is 13.0 Å². The van der Waals surface area contributed by atoms with E-state index in [1.54, 1.807) is 18.0 Å². The summed E-state index contributed by atoms with van der Waals surface area (Å²) in [6.45, 7) is 1.07. The third-order valence-corrected chi connectivity index (χ3v) is 6.05. The molecule has 0 aliphatic heterocycles. The molecule has 0 N–H and O–H groups in total. The molecule has 0 unspecified atom stereocenters. The van der Waals surface area contributed by atoms with E-state index in [1.165, 1.54) is 0 Å². The van der Waals surface area contributed by atoms with Crippen LogP contribution in [0.15, 0.2) is 90.0 Å². The Bertz CT molecular complexity index is 1740.